The van der Waals surface area contributed by atoms with Crippen molar-refractivity contribution in [3.63, 3.8) is 0 Å². The van der Waals surface area contributed by atoms with Crippen LogP contribution in [0, 0.1) is 13.8 Å². The number of ether oxygens (including phenoxy) is 1. The van der Waals surface area contributed by atoms with Crippen LogP contribution in [-0.2, 0) is 0 Å². The maximum absolute atomic E-state index is 12.2. The van der Waals surface area contributed by atoms with E-state index >= 15 is 0 Å². The summed E-state index contributed by atoms with van der Waals surface area (Å²) in [5, 5.41) is 2.86. The van der Waals surface area contributed by atoms with E-state index in [1.807, 2.05) is 23.1 Å². The number of amides is 2. The Balaban J connectivity index is 1.82. The van der Waals surface area contributed by atoms with E-state index in [1.54, 1.807) is 0 Å². The molecular formula is C17H26N2O2. The summed E-state index contributed by atoms with van der Waals surface area (Å²) in [4.78, 5) is 14.2. The van der Waals surface area contributed by atoms with Crippen LogP contribution >= 0.6 is 0 Å². The summed E-state index contributed by atoms with van der Waals surface area (Å²) < 4.78 is 5.61. The van der Waals surface area contributed by atoms with E-state index in [2.05, 4.69) is 26.1 Å². The minimum absolute atomic E-state index is 0.00890. The van der Waals surface area contributed by atoms with Gasteiger partial charge in [-0.1, -0.05) is 13.0 Å². The zero-order chi connectivity index (χ0) is 15.2. The molecule has 1 aliphatic rings. The molecule has 1 aromatic rings. The Labute approximate surface area is 127 Å². The number of likely N-dealkylation sites (tertiary alicyclic amines) is 1. The molecule has 0 aromatic heterocycles. The van der Waals surface area contributed by atoms with Gasteiger partial charge in [0.2, 0.25) is 0 Å². The third-order valence-corrected chi connectivity index (χ3v) is 4.30. The molecule has 1 aliphatic heterocycles. The first-order valence-electron chi connectivity index (χ1n) is 7.86. The quantitative estimate of drug-likeness (QED) is 0.861. The highest BCUT2D eigenvalue weighted by Crippen LogP contribution is 2.19. The Kier molecular flexibility index (Phi) is 5.48. The van der Waals surface area contributed by atoms with Crippen molar-refractivity contribution in [2.45, 2.75) is 52.5 Å². The van der Waals surface area contributed by atoms with Gasteiger partial charge in [0.15, 0.2) is 6.73 Å². The number of hydrogen-bond acceptors (Lipinski definition) is 2. The van der Waals surface area contributed by atoms with Gasteiger partial charge in [0.05, 0.1) is 0 Å². The molecule has 1 saturated heterocycles. The van der Waals surface area contributed by atoms with Crippen molar-refractivity contribution in [3.05, 3.63) is 29.3 Å². The third kappa shape index (κ3) is 4.13. The Bertz CT molecular complexity index is 488. The molecule has 2 rings (SSSR count). The Morgan fingerprint density at radius 3 is 2.86 bits per heavy atom. The summed E-state index contributed by atoms with van der Waals surface area (Å²) in [6.07, 6.45) is 4.46. The Hall–Kier alpha value is -1.71. The molecule has 0 aliphatic carbocycles. The number of hydrogen-bond donors (Lipinski definition) is 1. The van der Waals surface area contributed by atoms with E-state index in [9.17, 15) is 4.79 Å². The van der Waals surface area contributed by atoms with Crippen molar-refractivity contribution < 1.29 is 9.53 Å². The highest BCUT2D eigenvalue weighted by Gasteiger charge is 2.24. The molecule has 1 unspecified atom stereocenters. The SMILES string of the molecule is CCC1CCCCN1C(=O)NCOc1ccc(C)c(C)c1. The fourth-order valence-electron chi connectivity index (χ4n) is 2.78. The summed E-state index contributed by atoms with van der Waals surface area (Å²) >= 11 is 0. The first-order chi connectivity index (χ1) is 10.1. The number of aryl methyl sites for hydroxylation is 2. The van der Waals surface area contributed by atoms with Gasteiger partial charge in [-0.3, -0.25) is 0 Å². The van der Waals surface area contributed by atoms with Crippen molar-refractivity contribution in [2.24, 2.45) is 0 Å². The number of rotatable bonds is 4. The minimum atomic E-state index is -0.00890. The predicted octanol–water partition coefficient (Wildman–Crippen LogP) is 3.61. The van der Waals surface area contributed by atoms with Crippen molar-refractivity contribution >= 4 is 6.03 Å². The lowest BCUT2D eigenvalue weighted by Crippen LogP contribution is -2.49. The summed E-state index contributed by atoms with van der Waals surface area (Å²) in [6, 6.07) is 6.33. The standard InChI is InChI=1S/C17H26N2O2/c1-4-15-7-5-6-10-19(15)17(20)18-12-21-16-9-8-13(2)14(3)11-16/h8-9,11,15H,4-7,10,12H2,1-3H3,(H,18,20). The van der Waals surface area contributed by atoms with E-state index in [0.29, 0.717) is 6.04 Å². The molecule has 2 amide bonds. The zero-order valence-electron chi connectivity index (χ0n) is 13.3. The lowest BCUT2D eigenvalue weighted by molar-refractivity contribution is 0.141. The molecule has 1 heterocycles. The second kappa shape index (κ2) is 7.34. The van der Waals surface area contributed by atoms with Crippen LogP contribution in [0.15, 0.2) is 18.2 Å². The maximum Gasteiger partial charge on any atom is 0.320 e. The monoisotopic (exact) mass is 290 g/mol. The Morgan fingerprint density at radius 2 is 2.14 bits per heavy atom. The van der Waals surface area contributed by atoms with Gasteiger partial charge in [0, 0.05) is 12.6 Å². The minimum Gasteiger partial charge on any atom is -0.473 e. The number of urea groups is 1. The van der Waals surface area contributed by atoms with Crippen LogP contribution in [0.5, 0.6) is 5.75 Å². The van der Waals surface area contributed by atoms with Gasteiger partial charge in [0.25, 0.3) is 0 Å². The van der Waals surface area contributed by atoms with E-state index in [1.165, 1.54) is 17.5 Å². The topological polar surface area (TPSA) is 41.6 Å². The van der Waals surface area contributed by atoms with Crippen LogP contribution in [0.3, 0.4) is 0 Å². The van der Waals surface area contributed by atoms with Crippen LogP contribution in [-0.4, -0.2) is 30.2 Å². The number of carbonyl (C=O) groups excluding carboxylic acids is 1. The average Bonchev–Trinajstić information content (AvgIpc) is 2.50. The predicted molar refractivity (Wildman–Crippen MR) is 84.6 cm³/mol. The molecule has 4 heteroatoms. The molecule has 0 spiro atoms. The summed E-state index contributed by atoms with van der Waals surface area (Å²) in [6.45, 7) is 7.34. The molecule has 0 bridgehead atoms. The molecule has 1 N–H and O–H groups in total. The molecule has 4 nitrogen and oxygen atoms in total. The van der Waals surface area contributed by atoms with Crippen LogP contribution in [0.2, 0.25) is 0 Å². The van der Waals surface area contributed by atoms with Crippen LogP contribution in [0.1, 0.15) is 43.7 Å². The van der Waals surface area contributed by atoms with Gasteiger partial charge >= 0.3 is 6.03 Å². The largest absolute Gasteiger partial charge is 0.473 e. The Morgan fingerprint density at radius 1 is 1.33 bits per heavy atom. The maximum atomic E-state index is 12.2. The van der Waals surface area contributed by atoms with E-state index in [4.69, 9.17) is 4.74 Å². The molecule has 1 fully saturated rings. The number of piperidine rings is 1. The second-order valence-corrected chi connectivity index (χ2v) is 5.77. The van der Waals surface area contributed by atoms with E-state index in [-0.39, 0.29) is 12.8 Å². The number of nitrogens with one attached hydrogen (secondary N) is 1. The summed E-state index contributed by atoms with van der Waals surface area (Å²) in [7, 11) is 0. The van der Waals surface area contributed by atoms with Crippen LogP contribution < -0.4 is 10.1 Å². The zero-order valence-corrected chi connectivity index (χ0v) is 13.3. The lowest BCUT2D eigenvalue weighted by Gasteiger charge is -2.35. The fraction of sp³-hybridized carbons (Fsp3) is 0.588. The molecule has 21 heavy (non-hydrogen) atoms. The molecule has 1 atom stereocenters. The first kappa shape index (κ1) is 15.7. The van der Waals surface area contributed by atoms with E-state index < -0.39 is 0 Å². The summed E-state index contributed by atoms with van der Waals surface area (Å²) in [5.74, 6) is 0.795. The highest BCUT2D eigenvalue weighted by molar-refractivity contribution is 5.74. The molecule has 116 valence electrons. The molecular weight excluding hydrogens is 264 g/mol. The molecule has 0 saturated carbocycles. The van der Waals surface area contributed by atoms with Gasteiger partial charge in [-0.25, -0.2) is 4.79 Å². The molecule has 0 radical (unpaired) electrons. The third-order valence-electron chi connectivity index (χ3n) is 4.30. The van der Waals surface area contributed by atoms with Gasteiger partial charge in [-0.2, -0.15) is 0 Å². The van der Waals surface area contributed by atoms with Gasteiger partial charge in [0.1, 0.15) is 5.75 Å². The smallest absolute Gasteiger partial charge is 0.320 e. The van der Waals surface area contributed by atoms with Gasteiger partial charge in [-0.05, 0) is 62.8 Å². The molecule has 1 aromatic carbocycles. The van der Waals surface area contributed by atoms with Crippen LogP contribution in [0.4, 0.5) is 4.79 Å². The lowest BCUT2D eigenvalue weighted by atomic mass is 10.0. The van der Waals surface area contributed by atoms with Gasteiger partial charge in [-0.15, -0.1) is 0 Å². The van der Waals surface area contributed by atoms with Crippen molar-refractivity contribution in [1.82, 2.24) is 10.2 Å². The highest BCUT2D eigenvalue weighted by atomic mass is 16.5. The fourth-order valence-corrected chi connectivity index (χ4v) is 2.78. The van der Waals surface area contributed by atoms with E-state index in [0.717, 1.165) is 31.6 Å². The normalized spacial score (nSPS) is 18.4. The number of nitrogens with zero attached hydrogens (tertiary/aromatic N) is 1. The number of benzene rings is 1. The summed E-state index contributed by atoms with van der Waals surface area (Å²) in [5.41, 5.74) is 2.44. The van der Waals surface area contributed by atoms with Crippen molar-refractivity contribution in [2.75, 3.05) is 13.3 Å². The average molecular weight is 290 g/mol. The van der Waals surface area contributed by atoms with Crippen molar-refractivity contribution in [3.8, 4) is 5.75 Å². The van der Waals surface area contributed by atoms with Gasteiger partial charge < -0.3 is 15.0 Å². The number of carbonyl (C=O) groups is 1. The second-order valence-electron chi connectivity index (χ2n) is 5.77. The van der Waals surface area contributed by atoms with Crippen molar-refractivity contribution in [1.29, 1.82) is 0 Å². The van der Waals surface area contributed by atoms with Crippen LogP contribution in [0.25, 0.3) is 0 Å². The first-order valence-corrected chi connectivity index (χ1v) is 7.86.